The van der Waals surface area contributed by atoms with Crippen molar-refractivity contribution < 1.29 is 9.59 Å². The number of rotatable bonds is 7. The average molecular weight is 385 g/mol. The van der Waals surface area contributed by atoms with E-state index in [0.29, 0.717) is 12.3 Å². The van der Waals surface area contributed by atoms with Crippen molar-refractivity contribution in [2.45, 2.75) is 50.2 Å². The van der Waals surface area contributed by atoms with Crippen LogP contribution in [-0.2, 0) is 16.1 Å². The largest absolute Gasteiger partial charge is 0.325 e. The highest BCUT2D eigenvalue weighted by Gasteiger charge is 2.30. The number of hydrogen-bond acceptors (Lipinski definition) is 5. The molecule has 0 bridgehead atoms. The maximum atomic E-state index is 12.3. The van der Waals surface area contributed by atoms with E-state index in [1.54, 1.807) is 4.90 Å². The molecule has 0 radical (unpaired) electrons. The molecular weight excluding hydrogens is 362 g/mol. The summed E-state index contributed by atoms with van der Waals surface area (Å²) in [6, 6.07) is 7.43. The standard InChI is InChI=1S/C19H23N5O2S/c1-2-23-18(13-5-6-13)21-22-19(23)27-12-16(25)20-14-7-9-15(10-8-14)24-11-3-4-17(24)26/h7-10,13H,2-6,11-12H2,1H3,(H,20,25). The molecule has 4 rings (SSSR count). The number of aromatic nitrogens is 3. The first kappa shape index (κ1) is 18.0. The molecule has 0 spiro atoms. The number of anilines is 2. The van der Waals surface area contributed by atoms with Crippen molar-refractivity contribution in [1.82, 2.24) is 14.8 Å². The van der Waals surface area contributed by atoms with Crippen LogP contribution in [0.5, 0.6) is 0 Å². The Hall–Kier alpha value is -2.35. The van der Waals surface area contributed by atoms with E-state index in [2.05, 4.69) is 27.0 Å². The van der Waals surface area contributed by atoms with Crippen LogP contribution in [0.2, 0.25) is 0 Å². The van der Waals surface area contributed by atoms with Gasteiger partial charge in [0.1, 0.15) is 5.82 Å². The molecule has 2 aliphatic rings. The fourth-order valence-electron chi connectivity index (χ4n) is 3.32. The van der Waals surface area contributed by atoms with Crippen molar-refractivity contribution in [3.63, 3.8) is 0 Å². The lowest BCUT2D eigenvalue weighted by molar-refractivity contribution is -0.117. The second-order valence-corrected chi connectivity index (χ2v) is 7.83. The number of carbonyl (C=O) groups excluding carboxylic acids is 2. The zero-order valence-corrected chi connectivity index (χ0v) is 16.2. The van der Waals surface area contributed by atoms with Crippen LogP contribution in [0.4, 0.5) is 11.4 Å². The third kappa shape index (κ3) is 4.00. The van der Waals surface area contributed by atoms with Gasteiger partial charge < -0.3 is 14.8 Å². The fourth-order valence-corrected chi connectivity index (χ4v) is 4.13. The second kappa shape index (κ2) is 7.72. The van der Waals surface area contributed by atoms with Crippen LogP contribution < -0.4 is 10.2 Å². The SMILES string of the molecule is CCn1c(SCC(=O)Nc2ccc(N3CCCC3=O)cc2)nnc1C1CC1. The van der Waals surface area contributed by atoms with E-state index in [0.717, 1.165) is 41.9 Å². The van der Waals surface area contributed by atoms with Gasteiger partial charge in [-0.1, -0.05) is 11.8 Å². The van der Waals surface area contributed by atoms with Gasteiger partial charge in [-0.25, -0.2) is 0 Å². The normalized spacial score (nSPS) is 16.8. The Balaban J connectivity index is 1.32. The highest BCUT2D eigenvalue weighted by atomic mass is 32.2. The topological polar surface area (TPSA) is 80.1 Å². The zero-order chi connectivity index (χ0) is 18.8. The molecule has 0 atom stereocenters. The molecule has 2 heterocycles. The van der Waals surface area contributed by atoms with Crippen molar-refractivity contribution in [3.05, 3.63) is 30.1 Å². The van der Waals surface area contributed by atoms with Gasteiger partial charge in [-0.3, -0.25) is 9.59 Å². The number of nitrogens with zero attached hydrogens (tertiary/aromatic N) is 4. The predicted octanol–water partition coefficient (Wildman–Crippen LogP) is 3.03. The molecule has 1 aliphatic carbocycles. The Morgan fingerprint density at radius 1 is 1.26 bits per heavy atom. The van der Waals surface area contributed by atoms with Crippen LogP contribution in [0.3, 0.4) is 0 Å². The van der Waals surface area contributed by atoms with E-state index in [1.165, 1.54) is 24.6 Å². The number of thioether (sulfide) groups is 1. The molecule has 0 unspecified atom stereocenters. The van der Waals surface area contributed by atoms with Gasteiger partial charge in [-0.2, -0.15) is 0 Å². The molecule has 2 amide bonds. The highest BCUT2D eigenvalue weighted by Crippen LogP contribution is 2.40. The van der Waals surface area contributed by atoms with Crippen molar-refractivity contribution in [2.75, 3.05) is 22.5 Å². The number of benzene rings is 1. The summed E-state index contributed by atoms with van der Waals surface area (Å²) < 4.78 is 2.11. The van der Waals surface area contributed by atoms with E-state index < -0.39 is 0 Å². The number of hydrogen-bond donors (Lipinski definition) is 1. The van der Waals surface area contributed by atoms with Gasteiger partial charge in [0, 0.05) is 36.8 Å². The Labute approximate surface area is 162 Å². The van der Waals surface area contributed by atoms with Crippen molar-refractivity contribution in [1.29, 1.82) is 0 Å². The summed E-state index contributed by atoms with van der Waals surface area (Å²) in [5.74, 6) is 1.96. The monoisotopic (exact) mass is 385 g/mol. The lowest BCUT2D eigenvalue weighted by Gasteiger charge is -2.16. The van der Waals surface area contributed by atoms with Crippen molar-refractivity contribution in [3.8, 4) is 0 Å². The summed E-state index contributed by atoms with van der Waals surface area (Å²) in [6.07, 6.45) is 3.88. The molecule has 2 aromatic rings. The van der Waals surface area contributed by atoms with Gasteiger partial charge in [-0.15, -0.1) is 10.2 Å². The third-order valence-electron chi connectivity index (χ3n) is 4.87. The van der Waals surface area contributed by atoms with Crippen LogP contribution in [0.1, 0.15) is 44.3 Å². The molecule has 1 saturated heterocycles. The summed E-state index contributed by atoms with van der Waals surface area (Å²) in [6.45, 7) is 3.66. The summed E-state index contributed by atoms with van der Waals surface area (Å²) in [5.41, 5.74) is 1.61. The van der Waals surface area contributed by atoms with Gasteiger partial charge in [0.2, 0.25) is 11.8 Å². The number of carbonyl (C=O) groups is 2. The smallest absolute Gasteiger partial charge is 0.234 e. The predicted molar refractivity (Wildman–Crippen MR) is 105 cm³/mol. The second-order valence-electron chi connectivity index (χ2n) is 6.89. The molecule has 27 heavy (non-hydrogen) atoms. The highest BCUT2D eigenvalue weighted by molar-refractivity contribution is 7.99. The minimum atomic E-state index is -0.0800. The quantitative estimate of drug-likeness (QED) is 0.741. The summed E-state index contributed by atoms with van der Waals surface area (Å²) in [7, 11) is 0. The molecule has 142 valence electrons. The fraction of sp³-hybridized carbons (Fsp3) is 0.474. The molecule has 1 aliphatic heterocycles. The molecule has 2 fully saturated rings. The summed E-state index contributed by atoms with van der Waals surface area (Å²) >= 11 is 1.41. The van der Waals surface area contributed by atoms with Crippen LogP contribution >= 0.6 is 11.8 Å². The minimum Gasteiger partial charge on any atom is -0.325 e. The number of amides is 2. The average Bonchev–Trinajstić information content (AvgIpc) is 3.30. The van der Waals surface area contributed by atoms with E-state index in [1.807, 2.05) is 24.3 Å². The van der Waals surface area contributed by atoms with Gasteiger partial charge >= 0.3 is 0 Å². The van der Waals surface area contributed by atoms with E-state index in [9.17, 15) is 9.59 Å². The Morgan fingerprint density at radius 3 is 2.67 bits per heavy atom. The van der Waals surface area contributed by atoms with Gasteiger partial charge in [0.15, 0.2) is 5.16 Å². The van der Waals surface area contributed by atoms with Crippen LogP contribution in [-0.4, -0.2) is 38.9 Å². The lowest BCUT2D eigenvalue weighted by atomic mass is 10.2. The van der Waals surface area contributed by atoms with E-state index in [4.69, 9.17) is 0 Å². The molecular formula is C19H23N5O2S. The maximum absolute atomic E-state index is 12.3. The Bertz CT molecular complexity index is 844. The molecule has 1 N–H and O–H groups in total. The van der Waals surface area contributed by atoms with Crippen LogP contribution in [0, 0.1) is 0 Å². The molecule has 8 heteroatoms. The first-order chi connectivity index (χ1) is 13.2. The van der Waals surface area contributed by atoms with Crippen LogP contribution in [0.25, 0.3) is 0 Å². The van der Waals surface area contributed by atoms with Gasteiger partial charge in [0.05, 0.1) is 5.75 Å². The molecule has 1 saturated carbocycles. The molecule has 1 aromatic carbocycles. The summed E-state index contributed by atoms with van der Waals surface area (Å²) in [5, 5.41) is 12.2. The van der Waals surface area contributed by atoms with E-state index >= 15 is 0 Å². The third-order valence-corrected chi connectivity index (χ3v) is 5.84. The zero-order valence-electron chi connectivity index (χ0n) is 15.4. The van der Waals surface area contributed by atoms with Crippen molar-refractivity contribution in [2.24, 2.45) is 0 Å². The molecule has 1 aromatic heterocycles. The first-order valence-electron chi connectivity index (χ1n) is 9.42. The first-order valence-corrected chi connectivity index (χ1v) is 10.4. The Morgan fingerprint density at radius 2 is 2.04 bits per heavy atom. The summed E-state index contributed by atoms with van der Waals surface area (Å²) in [4.78, 5) is 25.9. The minimum absolute atomic E-state index is 0.0800. The van der Waals surface area contributed by atoms with Gasteiger partial charge in [0.25, 0.3) is 0 Å². The number of nitrogens with one attached hydrogen (secondary N) is 1. The maximum Gasteiger partial charge on any atom is 0.234 e. The molecule has 7 nitrogen and oxygen atoms in total. The Kier molecular flexibility index (Phi) is 5.15. The van der Waals surface area contributed by atoms with Crippen LogP contribution in [0.15, 0.2) is 29.4 Å². The van der Waals surface area contributed by atoms with Crippen molar-refractivity contribution >= 4 is 35.0 Å². The van der Waals surface area contributed by atoms with E-state index in [-0.39, 0.29) is 17.6 Å². The lowest BCUT2D eigenvalue weighted by Crippen LogP contribution is -2.23. The van der Waals surface area contributed by atoms with Gasteiger partial charge in [-0.05, 0) is 50.5 Å².